The largest absolute Gasteiger partial charge is 0.478 e. The van der Waals surface area contributed by atoms with Crippen LogP contribution in [0.2, 0.25) is 0 Å². The molecule has 0 unspecified atom stereocenters. The summed E-state index contributed by atoms with van der Waals surface area (Å²) in [5.41, 5.74) is 2.59. The molecule has 11 heteroatoms. The van der Waals surface area contributed by atoms with Crippen LogP contribution >= 0.6 is 0 Å². The first-order chi connectivity index (χ1) is 19.4. The molecule has 0 atom stereocenters. The van der Waals surface area contributed by atoms with Crippen molar-refractivity contribution in [2.24, 2.45) is 5.92 Å². The van der Waals surface area contributed by atoms with Gasteiger partial charge in [0.15, 0.2) is 0 Å². The van der Waals surface area contributed by atoms with Gasteiger partial charge in [-0.25, -0.2) is 9.78 Å². The van der Waals surface area contributed by atoms with E-state index >= 15 is 0 Å². The minimum absolute atomic E-state index is 0.131. The fraction of sp³-hybridized carbons (Fsp3) is 0.241. The van der Waals surface area contributed by atoms with Crippen molar-refractivity contribution in [3.05, 3.63) is 84.0 Å². The predicted octanol–water partition coefficient (Wildman–Crippen LogP) is 3.79. The smallest absolute Gasteiger partial charge is 0.328 e. The molecule has 1 saturated carbocycles. The van der Waals surface area contributed by atoms with E-state index in [-0.39, 0.29) is 30.0 Å². The lowest BCUT2D eigenvalue weighted by Crippen LogP contribution is -2.38. The lowest BCUT2D eigenvalue weighted by molar-refractivity contribution is -0.131. The summed E-state index contributed by atoms with van der Waals surface area (Å²) in [6, 6.07) is 13.9. The van der Waals surface area contributed by atoms with Crippen molar-refractivity contribution in [1.82, 2.24) is 20.2 Å². The van der Waals surface area contributed by atoms with Gasteiger partial charge < -0.3 is 15.5 Å². The Kier molecular flexibility index (Phi) is 7.92. The number of aromatic amines is 1. The van der Waals surface area contributed by atoms with Crippen molar-refractivity contribution >= 4 is 46.3 Å². The number of rotatable bonds is 8. The van der Waals surface area contributed by atoms with Gasteiger partial charge in [-0.3, -0.25) is 24.6 Å². The number of anilines is 2. The van der Waals surface area contributed by atoms with Crippen molar-refractivity contribution < 1.29 is 24.6 Å². The number of aromatic nitrogens is 4. The Hall–Kier alpha value is -4.90. The van der Waals surface area contributed by atoms with Gasteiger partial charge in [0, 0.05) is 23.6 Å². The Morgan fingerprint density at radius 3 is 2.58 bits per heavy atom. The van der Waals surface area contributed by atoms with Crippen LogP contribution in [0.4, 0.5) is 11.5 Å². The molecule has 0 saturated heterocycles. The summed E-state index contributed by atoms with van der Waals surface area (Å²) in [6.45, 7) is 0.152. The Morgan fingerprint density at radius 1 is 1.02 bits per heavy atom. The Balaban J connectivity index is 1.36. The zero-order chi connectivity index (χ0) is 28.1. The number of nitrogens with one attached hydrogen (secondary N) is 2. The van der Waals surface area contributed by atoms with Gasteiger partial charge in [0.25, 0.3) is 5.91 Å². The van der Waals surface area contributed by atoms with E-state index in [9.17, 15) is 19.5 Å². The molecule has 3 heterocycles. The SMILES string of the molecule is O=C(O)/C=C/c1cccc(N(Cc2ccc(C(=O)Nc3cccc4cn[nH]c34)nc2)C(=O)C2CCC(O)CC2)n1. The van der Waals surface area contributed by atoms with Crippen molar-refractivity contribution in [2.45, 2.75) is 38.3 Å². The maximum absolute atomic E-state index is 13.7. The van der Waals surface area contributed by atoms with E-state index in [4.69, 9.17) is 5.11 Å². The number of aliphatic carboxylic acids is 1. The number of carbonyl (C=O) groups is 3. The van der Waals surface area contributed by atoms with E-state index in [2.05, 4.69) is 25.5 Å². The number of pyridine rings is 2. The van der Waals surface area contributed by atoms with Gasteiger partial charge in [-0.2, -0.15) is 5.10 Å². The van der Waals surface area contributed by atoms with E-state index in [1.165, 1.54) is 6.08 Å². The summed E-state index contributed by atoms with van der Waals surface area (Å²) in [4.78, 5) is 47.9. The minimum atomic E-state index is -1.10. The molecule has 40 heavy (non-hydrogen) atoms. The predicted molar refractivity (Wildman–Crippen MR) is 148 cm³/mol. The van der Waals surface area contributed by atoms with Crippen LogP contribution in [0.25, 0.3) is 17.0 Å². The molecule has 1 aromatic carbocycles. The van der Waals surface area contributed by atoms with E-state index < -0.39 is 12.1 Å². The van der Waals surface area contributed by atoms with Crippen LogP contribution in [0.15, 0.2) is 67.0 Å². The topological polar surface area (TPSA) is 161 Å². The van der Waals surface area contributed by atoms with Crippen molar-refractivity contribution in [2.75, 3.05) is 10.2 Å². The summed E-state index contributed by atoms with van der Waals surface area (Å²) in [7, 11) is 0. The second-order valence-electron chi connectivity index (χ2n) is 9.67. The van der Waals surface area contributed by atoms with Crippen molar-refractivity contribution in [3.63, 3.8) is 0 Å². The van der Waals surface area contributed by atoms with Gasteiger partial charge in [0.1, 0.15) is 11.5 Å². The third-order valence-electron chi connectivity index (χ3n) is 6.86. The highest BCUT2D eigenvalue weighted by Crippen LogP contribution is 2.29. The maximum atomic E-state index is 13.7. The van der Waals surface area contributed by atoms with Crippen molar-refractivity contribution in [3.8, 4) is 0 Å². The normalized spacial score (nSPS) is 17.1. The number of nitrogens with zero attached hydrogens (tertiary/aromatic N) is 4. The lowest BCUT2D eigenvalue weighted by atomic mass is 9.86. The molecule has 2 amide bonds. The van der Waals surface area contributed by atoms with Crippen LogP contribution in [0.5, 0.6) is 0 Å². The molecule has 0 spiro atoms. The first-order valence-electron chi connectivity index (χ1n) is 12.9. The van der Waals surface area contributed by atoms with E-state index in [1.54, 1.807) is 53.7 Å². The van der Waals surface area contributed by atoms with Gasteiger partial charge in [0.05, 0.1) is 35.7 Å². The molecule has 0 aliphatic heterocycles. The third-order valence-corrected chi connectivity index (χ3v) is 6.86. The molecule has 1 aliphatic rings. The highest BCUT2D eigenvalue weighted by Gasteiger charge is 2.30. The molecule has 11 nitrogen and oxygen atoms in total. The maximum Gasteiger partial charge on any atom is 0.328 e. The number of hydrogen-bond acceptors (Lipinski definition) is 7. The number of aliphatic hydroxyl groups is 1. The standard InChI is InChI=1S/C29H28N6O5/c36-22-11-8-19(9-12-22)29(40)35(25-6-2-4-21(32-25)10-14-26(37)38)17-18-7-13-24(30-15-18)28(39)33-23-5-1-3-20-16-31-34-27(20)23/h1-7,10,13-16,19,22,36H,8-9,11-12,17H2,(H,31,34)(H,33,39)(H,37,38)/b14-10+. The zero-order valence-corrected chi connectivity index (χ0v) is 21.5. The third kappa shape index (κ3) is 6.21. The number of carboxylic acids is 1. The molecule has 204 valence electrons. The Labute approximate surface area is 229 Å². The van der Waals surface area contributed by atoms with Crippen LogP contribution in [-0.4, -0.2) is 54.3 Å². The van der Waals surface area contributed by atoms with Crippen LogP contribution in [0.1, 0.15) is 47.4 Å². The molecule has 3 aromatic heterocycles. The molecule has 0 radical (unpaired) electrons. The summed E-state index contributed by atoms with van der Waals surface area (Å²) in [6.07, 6.45) is 7.41. The molecular weight excluding hydrogens is 512 g/mol. The van der Waals surface area contributed by atoms with E-state index in [1.807, 2.05) is 12.1 Å². The quantitative estimate of drug-likeness (QED) is 0.246. The summed E-state index contributed by atoms with van der Waals surface area (Å²) in [5.74, 6) is -1.52. The monoisotopic (exact) mass is 540 g/mol. The average Bonchev–Trinajstić information content (AvgIpc) is 3.45. The summed E-state index contributed by atoms with van der Waals surface area (Å²) in [5, 5.41) is 29.5. The molecule has 5 rings (SSSR count). The van der Waals surface area contributed by atoms with Gasteiger partial charge in [-0.05, 0) is 61.6 Å². The molecule has 4 N–H and O–H groups in total. The number of para-hydroxylation sites is 1. The zero-order valence-electron chi connectivity index (χ0n) is 21.5. The first-order valence-corrected chi connectivity index (χ1v) is 12.9. The summed E-state index contributed by atoms with van der Waals surface area (Å²) < 4.78 is 0. The highest BCUT2D eigenvalue weighted by atomic mass is 16.4. The minimum Gasteiger partial charge on any atom is -0.478 e. The van der Waals surface area contributed by atoms with Crippen LogP contribution in [-0.2, 0) is 16.1 Å². The van der Waals surface area contributed by atoms with Gasteiger partial charge in [0.2, 0.25) is 5.91 Å². The van der Waals surface area contributed by atoms with E-state index in [0.717, 1.165) is 11.5 Å². The first kappa shape index (κ1) is 26.7. The molecular formula is C29H28N6O5. The number of amides is 2. The highest BCUT2D eigenvalue weighted by molar-refractivity contribution is 6.07. The molecule has 1 fully saturated rings. The molecule has 0 bridgehead atoms. The summed E-state index contributed by atoms with van der Waals surface area (Å²) >= 11 is 0. The Morgan fingerprint density at radius 2 is 1.82 bits per heavy atom. The number of H-pyrrole nitrogens is 1. The number of hydrogen-bond donors (Lipinski definition) is 4. The number of aliphatic hydroxyl groups excluding tert-OH is 1. The van der Waals surface area contributed by atoms with Crippen LogP contribution in [0, 0.1) is 5.92 Å². The Bertz CT molecular complexity index is 1560. The average molecular weight is 541 g/mol. The molecule has 1 aliphatic carbocycles. The number of carbonyl (C=O) groups excluding carboxylic acids is 2. The van der Waals surface area contributed by atoms with Gasteiger partial charge >= 0.3 is 5.97 Å². The van der Waals surface area contributed by atoms with Gasteiger partial charge in [-0.15, -0.1) is 0 Å². The number of fused-ring (bicyclic) bond motifs is 1. The lowest BCUT2D eigenvalue weighted by Gasteiger charge is -2.30. The number of benzene rings is 1. The van der Waals surface area contributed by atoms with Crippen LogP contribution in [0.3, 0.4) is 0 Å². The fourth-order valence-corrected chi connectivity index (χ4v) is 4.75. The number of carboxylic acid groups (broad SMARTS) is 1. The molecule has 4 aromatic rings. The van der Waals surface area contributed by atoms with E-state index in [0.29, 0.717) is 54.0 Å². The van der Waals surface area contributed by atoms with Gasteiger partial charge in [-0.1, -0.05) is 24.3 Å². The van der Waals surface area contributed by atoms with Crippen molar-refractivity contribution in [1.29, 1.82) is 0 Å². The second kappa shape index (κ2) is 11.9. The second-order valence-corrected chi connectivity index (χ2v) is 9.67. The fourth-order valence-electron chi connectivity index (χ4n) is 4.75. The van der Waals surface area contributed by atoms with Crippen LogP contribution < -0.4 is 10.2 Å².